The van der Waals surface area contributed by atoms with E-state index >= 15 is 0 Å². The number of benzene rings is 1. The molecule has 0 aliphatic rings. The van der Waals surface area contributed by atoms with Gasteiger partial charge >= 0.3 is 5.97 Å². The minimum atomic E-state index is -0.561. The standard InChI is InChI=1S/C11H12ClNO3/c1-2-13-10(14)7-16-11(15)8-4-3-5-9(12)6-8/h3-6H,2,7H2,1H3,(H,13,14). The van der Waals surface area contributed by atoms with Gasteiger partial charge in [-0.1, -0.05) is 17.7 Å². The van der Waals surface area contributed by atoms with Gasteiger partial charge in [0, 0.05) is 11.6 Å². The Balaban J connectivity index is 2.50. The van der Waals surface area contributed by atoms with Gasteiger partial charge in [0.25, 0.3) is 5.91 Å². The van der Waals surface area contributed by atoms with Crippen molar-refractivity contribution >= 4 is 23.5 Å². The molecular formula is C11H12ClNO3. The number of hydrogen-bond donors (Lipinski definition) is 1. The van der Waals surface area contributed by atoms with Crippen LogP contribution in [0.15, 0.2) is 24.3 Å². The molecule has 0 bridgehead atoms. The second-order valence-electron chi connectivity index (χ2n) is 3.04. The molecule has 1 aromatic carbocycles. The maximum Gasteiger partial charge on any atom is 0.338 e. The molecule has 0 unspecified atom stereocenters. The van der Waals surface area contributed by atoms with Crippen LogP contribution in [0.25, 0.3) is 0 Å². The fourth-order valence-corrected chi connectivity index (χ4v) is 1.27. The van der Waals surface area contributed by atoms with Crippen LogP contribution in [0.1, 0.15) is 17.3 Å². The zero-order valence-electron chi connectivity index (χ0n) is 8.83. The van der Waals surface area contributed by atoms with Crippen molar-refractivity contribution in [3.63, 3.8) is 0 Å². The van der Waals surface area contributed by atoms with Gasteiger partial charge in [0.15, 0.2) is 6.61 Å². The first-order chi connectivity index (χ1) is 7.63. The van der Waals surface area contributed by atoms with E-state index in [1.807, 2.05) is 0 Å². The number of amides is 1. The summed E-state index contributed by atoms with van der Waals surface area (Å²) in [6.45, 7) is 2.02. The average molecular weight is 242 g/mol. The SMILES string of the molecule is CCNC(=O)COC(=O)c1cccc(Cl)c1. The van der Waals surface area contributed by atoms with E-state index in [1.165, 1.54) is 6.07 Å². The molecule has 0 fully saturated rings. The highest BCUT2D eigenvalue weighted by Gasteiger charge is 2.09. The first-order valence-corrected chi connectivity index (χ1v) is 5.20. The van der Waals surface area contributed by atoms with Gasteiger partial charge in [-0.25, -0.2) is 4.79 Å². The lowest BCUT2D eigenvalue weighted by Crippen LogP contribution is -2.28. The number of hydrogen-bond acceptors (Lipinski definition) is 3. The van der Waals surface area contributed by atoms with Crippen LogP contribution in [0.2, 0.25) is 5.02 Å². The normalized spacial score (nSPS) is 9.62. The Kier molecular flexibility index (Phi) is 4.79. The lowest BCUT2D eigenvalue weighted by atomic mass is 10.2. The lowest BCUT2D eigenvalue weighted by Gasteiger charge is -2.04. The lowest BCUT2D eigenvalue weighted by molar-refractivity contribution is -0.124. The molecule has 4 nitrogen and oxygen atoms in total. The average Bonchev–Trinajstić information content (AvgIpc) is 2.26. The zero-order valence-corrected chi connectivity index (χ0v) is 9.58. The number of carbonyl (C=O) groups excluding carboxylic acids is 2. The fraction of sp³-hybridized carbons (Fsp3) is 0.273. The van der Waals surface area contributed by atoms with Crippen LogP contribution < -0.4 is 5.32 Å². The van der Waals surface area contributed by atoms with E-state index in [-0.39, 0.29) is 12.5 Å². The van der Waals surface area contributed by atoms with Crippen molar-refractivity contribution in [3.05, 3.63) is 34.9 Å². The quantitative estimate of drug-likeness (QED) is 0.816. The summed E-state index contributed by atoms with van der Waals surface area (Å²) in [6, 6.07) is 6.36. The Morgan fingerprint density at radius 2 is 2.19 bits per heavy atom. The van der Waals surface area contributed by atoms with E-state index in [0.717, 1.165) is 0 Å². The van der Waals surface area contributed by atoms with Crippen LogP contribution in [0, 0.1) is 0 Å². The molecule has 1 N–H and O–H groups in total. The van der Waals surface area contributed by atoms with Crippen LogP contribution in [0.4, 0.5) is 0 Å². The summed E-state index contributed by atoms with van der Waals surface area (Å²) >= 11 is 5.71. The highest BCUT2D eigenvalue weighted by atomic mass is 35.5. The van der Waals surface area contributed by atoms with Crippen LogP contribution in [0.5, 0.6) is 0 Å². The van der Waals surface area contributed by atoms with Crippen molar-refractivity contribution in [2.75, 3.05) is 13.2 Å². The second-order valence-corrected chi connectivity index (χ2v) is 3.48. The molecule has 0 spiro atoms. The Morgan fingerprint density at radius 3 is 2.81 bits per heavy atom. The predicted molar refractivity (Wildman–Crippen MR) is 60.4 cm³/mol. The van der Waals surface area contributed by atoms with Gasteiger partial charge in [0.2, 0.25) is 0 Å². The summed E-state index contributed by atoms with van der Waals surface area (Å²) in [5, 5.41) is 2.97. The molecule has 0 heterocycles. The van der Waals surface area contributed by atoms with E-state index in [2.05, 4.69) is 5.32 Å². The molecular weight excluding hydrogens is 230 g/mol. The van der Waals surface area contributed by atoms with Crippen molar-refractivity contribution in [2.45, 2.75) is 6.92 Å². The molecule has 86 valence electrons. The highest BCUT2D eigenvalue weighted by molar-refractivity contribution is 6.30. The number of nitrogens with one attached hydrogen (secondary N) is 1. The Labute approximate surface area is 98.5 Å². The van der Waals surface area contributed by atoms with Gasteiger partial charge in [-0.15, -0.1) is 0 Å². The third kappa shape index (κ3) is 3.90. The highest BCUT2D eigenvalue weighted by Crippen LogP contribution is 2.11. The Morgan fingerprint density at radius 1 is 1.44 bits per heavy atom. The minimum absolute atomic E-state index is 0.279. The maximum absolute atomic E-state index is 11.4. The number of esters is 1. The van der Waals surface area contributed by atoms with Crippen molar-refractivity contribution in [2.24, 2.45) is 0 Å². The summed E-state index contributed by atoms with van der Waals surface area (Å²) in [7, 11) is 0. The first-order valence-electron chi connectivity index (χ1n) is 4.83. The molecule has 16 heavy (non-hydrogen) atoms. The summed E-state index contributed by atoms with van der Waals surface area (Å²) in [5.74, 6) is -0.883. The second kappa shape index (κ2) is 6.12. The van der Waals surface area contributed by atoms with Crippen molar-refractivity contribution in [1.29, 1.82) is 0 Å². The zero-order chi connectivity index (χ0) is 12.0. The molecule has 0 saturated carbocycles. The maximum atomic E-state index is 11.4. The van der Waals surface area contributed by atoms with E-state index in [4.69, 9.17) is 16.3 Å². The first kappa shape index (κ1) is 12.5. The fourth-order valence-electron chi connectivity index (χ4n) is 1.08. The molecule has 0 aliphatic carbocycles. The van der Waals surface area contributed by atoms with Gasteiger partial charge in [0.1, 0.15) is 0 Å². The van der Waals surface area contributed by atoms with Crippen LogP contribution in [-0.4, -0.2) is 25.0 Å². The number of likely N-dealkylation sites (N-methyl/N-ethyl adjacent to an activating group) is 1. The third-order valence-corrected chi connectivity index (χ3v) is 2.00. The monoisotopic (exact) mass is 241 g/mol. The molecule has 0 aliphatic heterocycles. The van der Waals surface area contributed by atoms with Crippen LogP contribution in [-0.2, 0) is 9.53 Å². The van der Waals surface area contributed by atoms with Gasteiger partial charge in [-0.2, -0.15) is 0 Å². The molecule has 1 rings (SSSR count). The molecule has 1 amide bonds. The molecule has 0 atom stereocenters. The van der Waals surface area contributed by atoms with Gasteiger partial charge < -0.3 is 10.1 Å². The van der Waals surface area contributed by atoms with E-state index in [0.29, 0.717) is 17.1 Å². The number of ether oxygens (including phenoxy) is 1. The molecule has 0 aromatic heterocycles. The van der Waals surface area contributed by atoms with Crippen LogP contribution >= 0.6 is 11.6 Å². The van der Waals surface area contributed by atoms with Crippen molar-refractivity contribution < 1.29 is 14.3 Å². The van der Waals surface area contributed by atoms with E-state index < -0.39 is 5.97 Å². The van der Waals surface area contributed by atoms with Crippen LogP contribution in [0.3, 0.4) is 0 Å². The molecule has 5 heteroatoms. The smallest absolute Gasteiger partial charge is 0.338 e. The number of halogens is 1. The summed E-state index contributed by atoms with van der Waals surface area (Å²) < 4.78 is 4.79. The topological polar surface area (TPSA) is 55.4 Å². The van der Waals surface area contributed by atoms with E-state index in [1.54, 1.807) is 25.1 Å². The van der Waals surface area contributed by atoms with E-state index in [9.17, 15) is 9.59 Å². The van der Waals surface area contributed by atoms with Crippen molar-refractivity contribution in [1.82, 2.24) is 5.32 Å². The minimum Gasteiger partial charge on any atom is -0.452 e. The molecule has 0 radical (unpaired) electrons. The molecule has 0 saturated heterocycles. The molecule has 1 aromatic rings. The Hall–Kier alpha value is -1.55. The summed E-state index contributed by atoms with van der Waals surface area (Å²) in [5.41, 5.74) is 0.330. The third-order valence-electron chi connectivity index (χ3n) is 1.77. The van der Waals surface area contributed by atoms with Gasteiger partial charge in [0.05, 0.1) is 5.56 Å². The van der Waals surface area contributed by atoms with Gasteiger partial charge in [-0.05, 0) is 25.1 Å². The summed E-state index contributed by atoms with van der Waals surface area (Å²) in [6.07, 6.45) is 0. The largest absolute Gasteiger partial charge is 0.452 e. The predicted octanol–water partition coefficient (Wildman–Crippen LogP) is 1.63. The number of rotatable bonds is 4. The Bertz CT molecular complexity index is 393. The summed E-state index contributed by atoms with van der Waals surface area (Å²) in [4.78, 5) is 22.5. The van der Waals surface area contributed by atoms with Crippen molar-refractivity contribution in [3.8, 4) is 0 Å². The number of carbonyl (C=O) groups is 2. The van der Waals surface area contributed by atoms with Gasteiger partial charge in [-0.3, -0.25) is 4.79 Å².